The van der Waals surface area contributed by atoms with Crippen LogP contribution in [0.25, 0.3) is 0 Å². The molecular weight excluding hydrogens is 580 g/mol. The van der Waals surface area contributed by atoms with Crippen LogP contribution in [0.4, 0.5) is 4.79 Å². The van der Waals surface area contributed by atoms with Crippen LogP contribution < -0.4 is 21.7 Å². The largest absolute Gasteiger partial charge is 0.480 e. The van der Waals surface area contributed by atoms with Crippen molar-refractivity contribution < 1.29 is 67.3 Å². The molecule has 0 atom stereocenters. The molecule has 43 heavy (non-hydrogen) atoms. The molecule has 18 heteroatoms. The molecule has 0 aromatic rings. The molecule has 0 aliphatic carbocycles. The van der Waals surface area contributed by atoms with Crippen molar-refractivity contribution in [2.24, 2.45) is 5.73 Å². The molecule has 0 saturated carbocycles. The van der Waals surface area contributed by atoms with Gasteiger partial charge in [0.05, 0.1) is 52.9 Å². The summed E-state index contributed by atoms with van der Waals surface area (Å²) in [7, 11) is 0. The number of nitrogens with two attached hydrogens (primary N) is 1. The van der Waals surface area contributed by atoms with E-state index in [1.54, 1.807) is 20.8 Å². The van der Waals surface area contributed by atoms with Crippen molar-refractivity contribution in [1.29, 1.82) is 0 Å². The number of carboxylic acid groups (broad SMARTS) is 2. The van der Waals surface area contributed by atoms with E-state index in [1.807, 2.05) is 0 Å². The number of nitrogens with one attached hydrogen (secondary N) is 3. The lowest BCUT2D eigenvalue weighted by atomic mass is 10.2. The van der Waals surface area contributed by atoms with Crippen molar-refractivity contribution in [1.82, 2.24) is 16.0 Å². The minimum absolute atomic E-state index is 0.272. The summed E-state index contributed by atoms with van der Waals surface area (Å²) < 4.78 is 35.0. The van der Waals surface area contributed by atoms with E-state index < -0.39 is 42.8 Å². The summed E-state index contributed by atoms with van der Waals surface area (Å²) in [5, 5.41) is 24.2. The van der Waals surface area contributed by atoms with Gasteiger partial charge in [0.1, 0.15) is 32.0 Å². The van der Waals surface area contributed by atoms with Gasteiger partial charge in [-0.1, -0.05) is 0 Å². The van der Waals surface area contributed by atoms with Crippen LogP contribution in [-0.4, -0.2) is 151 Å². The van der Waals surface area contributed by atoms with Crippen LogP contribution in [0, 0.1) is 0 Å². The maximum Gasteiger partial charge on any atom is 0.407 e. The van der Waals surface area contributed by atoms with Crippen LogP contribution in [0.15, 0.2) is 0 Å². The van der Waals surface area contributed by atoms with Gasteiger partial charge in [-0.3, -0.25) is 9.59 Å². The van der Waals surface area contributed by atoms with Crippen molar-refractivity contribution in [3.63, 3.8) is 0 Å². The second-order valence-corrected chi connectivity index (χ2v) is 9.14. The first-order valence-corrected chi connectivity index (χ1v) is 13.5. The maximum atomic E-state index is 11.3. The number of carboxylic acids is 2. The van der Waals surface area contributed by atoms with E-state index in [9.17, 15) is 24.0 Å². The standard InChI is InChI=1S/C15H28N2O8.C10H20N2O6/c1-15(2,3)25-14(21)17-5-7-23-9-8-22-6-4-16-12(18)10-24-11-13(19)20;11-1-3-16-5-6-17-4-2-12-9(13)7-18-8-10(14)15/h4-11H2,1-3H3,(H,16,18)(H,17,21)(H,19,20);1-8,11H2,(H,12,13)(H,14,15). The molecule has 0 aromatic heterocycles. The molecule has 0 aromatic carbocycles. The van der Waals surface area contributed by atoms with E-state index >= 15 is 0 Å². The van der Waals surface area contributed by atoms with E-state index in [2.05, 4.69) is 25.4 Å². The number of hydrogen-bond acceptors (Lipinski definition) is 13. The third-order valence-corrected chi connectivity index (χ3v) is 3.98. The Labute approximate surface area is 251 Å². The third-order valence-electron chi connectivity index (χ3n) is 3.98. The van der Waals surface area contributed by atoms with E-state index in [0.29, 0.717) is 72.5 Å². The van der Waals surface area contributed by atoms with Gasteiger partial charge in [-0.05, 0) is 20.8 Å². The highest BCUT2D eigenvalue weighted by atomic mass is 16.6. The summed E-state index contributed by atoms with van der Waals surface area (Å²) in [5.41, 5.74) is 4.69. The molecule has 0 saturated heterocycles. The number of alkyl carbamates (subject to hydrolysis) is 1. The molecule has 0 radical (unpaired) electrons. The fourth-order valence-corrected chi connectivity index (χ4v) is 2.36. The van der Waals surface area contributed by atoms with Crippen LogP contribution in [0.5, 0.6) is 0 Å². The predicted molar refractivity (Wildman–Crippen MR) is 149 cm³/mol. The van der Waals surface area contributed by atoms with Gasteiger partial charge in [-0.25, -0.2) is 14.4 Å². The molecule has 0 unspecified atom stereocenters. The monoisotopic (exact) mass is 628 g/mol. The summed E-state index contributed by atoms with van der Waals surface area (Å²) in [6.45, 7) is 8.31. The molecule has 7 N–H and O–H groups in total. The number of aliphatic carboxylic acids is 2. The molecular formula is C25H48N4O14. The van der Waals surface area contributed by atoms with Gasteiger partial charge >= 0.3 is 18.0 Å². The van der Waals surface area contributed by atoms with Crippen molar-refractivity contribution in [3.05, 3.63) is 0 Å². The van der Waals surface area contributed by atoms with Crippen molar-refractivity contribution in [2.75, 3.05) is 105 Å². The van der Waals surface area contributed by atoms with Gasteiger partial charge in [0.25, 0.3) is 0 Å². The first kappa shape index (κ1) is 42.0. The highest BCUT2D eigenvalue weighted by Crippen LogP contribution is 2.06. The van der Waals surface area contributed by atoms with Gasteiger partial charge < -0.3 is 65.1 Å². The zero-order chi connectivity index (χ0) is 32.8. The lowest BCUT2D eigenvalue weighted by molar-refractivity contribution is -0.145. The Kier molecular flexibility index (Phi) is 28.3. The Balaban J connectivity index is 0. The summed E-state index contributed by atoms with van der Waals surface area (Å²) in [6, 6.07) is 0. The molecule has 0 spiro atoms. The Hall–Kier alpha value is -3.13. The fraction of sp³-hybridized carbons (Fsp3) is 0.800. The topological polar surface area (TPSA) is 253 Å². The zero-order valence-electron chi connectivity index (χ0n) is 25.2. The first-order valence-electron chi connectivity index (χ1n) is 13.5. The first-order chi connectivity index (χ1) is 20.4. The van der Waals surface area contributed by atoms with Crippen LogP contribution in [0.3, 0.4) is 0 Å². The molecule has 18 nitrogen and oxygen atoms in total. The number of carbonyl (C=O) groups is 5. The van der Waals surface area contributed by atoms with Crippen molar-refractivity contribution in [3.8, 4) is 0 Å². The summed E-state index contributed by atoms with van der Waals surface area (Å²) in [5.74, 6) is -3.02. The zero-order valence-corrected chi connectivity index (χ0v) is 25.2. The average molecular weight is 629 g/mol. The number of rotatable bonds is 25. The van der Waals surface area contributed by atoms with Gasteiger partial charge in [0.2, 0.25) is 11.8 Å². The Morgan fingerprint density at radius 1 is 0.558 bits per heavy atom. The Morgan fingerprint density at radius 3 is 1.28 bits per heavy atom. The number of carbonyl (C=O) groups excluding carboxylic acids is 3. The lowest BCUT2D eigenvalue weighted by Crippen LogP contribution is -2.34. The Morgan fingerprint density at radius 2 is 0.930 bits per heavy atom. The molecule has 0 fully saturated rings. The maximum absolute atomic E-state index is 11.3. The highest BCUT2D eigenvalue weighted by molar-refractivity contribution is 5.78. The Bertz CT molecular complexity index is 765. The van der Waals surface area contributed by atoms with Crippen molar-refractivity contribution in [2.45, 2.75) is 26.4 Å². The average Bonchev–Trinajstić information content (AvgIpc) is 2.90. The normalized spacial score (nSPS) is 10.7. The van der Waals surface area contributed by atoms with E-state index in [4.69, 9.17) is 39.6 Å². The molecule has 0 bridgehead atoms. The number of hydrogen-bond donors (Lipinski definition) is 6. The second-order valence-electron chi connectivity index (χ2n) is 9.14. The summed E-state index contributed by atoms with van der Waals surface area (Å²) in [6.07, 6.45) is -0.490. The number of amides is 3. The van der Waals surface area contributed by atoms with Gasteiger partial charge in [-0.15, -0.1) is 0 Å². The van der Waals surface area contributed by atoms with Gasteiger partial charge in [0, 0.05) is 26.2 Å². The quantitative estimate of drug-likeness (QED) is 0.0596. The van der Waals surface area contributed by atoms with Crippen LogP contribution >= 0.6 is 0 Å². The predicted octanol–water partition coefficient (Wildman–Crippen LogP) is -2.04. The van der Waals surface area contributed by atoms with Crippen LogP contribution in [0.1, 0.15) is 20.8 Å². The van der Waals surface area contributed by atoms with Gasteiger partial charge in [-0.2, -0.15) is 0 Å². The molecule has 252 valence electrons. The molecule has 0 aliphatic rings. The van der Waals surface area contributed by atoms with E-state index in [0.717, 1.165) is 0 Å². The molecule has 3 amide bonds. The SMILES string of the molecule is CC(C)(C)OC(=O)NCCOCCOCCNC(=O)COCC(=O)O.NCCOCCOCCNC(=O)COCC(=O)O. The lowest BCUT2D eigenvalue weighted by Gasteiger charge is -2.19. The van der Waals surface area contributed by atoms with Crippen molar-refractivity contribution >= 4 is 29.8 Å². The fourth-order valence-electron chi connectivity index (χ4n) is 2.36. The summed E-state index contributed by atoms with van der Waals surface area (Å²) >= 11 is 0. The minimum Gasteiger partial charge on any atom is -0.480 e. The van der Waals surface area contributed by atoms with E-state index in [-0.39, 0.29) is 25.7 Å². The molecule has 0 heterocycles. The molecule has 0 aliphatic heterocycles. The smallest absolute Gasteiger partial charge is 0.407 e. The second kappa shape index (κ2) is 29.0. The minimum atomic E-state index is -1.13. The van der Waals surface area contributed by atoms with Crippen LogP contribution in [0.2, 0.25) is 0 Å². The number of ether oxygens (including phenoxy) is 7. The van der Waals surface area contributed by atoms with E-state index in [1.165, 1.54) is 0 Å². The molecule has 0 rings (SSSR count). The van der Waals surface area contributed by atoms with Crippen LogP contribution in [-0.2, 0) is 52.3 Å². The highest BCUT2D eigenvalue weighted by Gasteiger charge is 2.15. The van der Waals surface area contributed by atoms with Gasteiger partial charge in [0.15, 0.2) is 0 Å². The third kappa shape index (κ3) is 38.9. The summed E-state index contributed by atoms with van der Waals surface area (Å²) in [4.78, 5) is 53.9.